The first kappa shape index (κ1) is 26.0. The molecule has 4 rings (SSSR count). The molecule has 0 saturated carbocycles. The van der Waals surface area contributed by atoms with Gasteiger partial charge in [-0.05, 0) is 62.6 Å². The van der Waals surface area contributed by atoms with E-state index in [1.54, 1.807) is 34.0 Å². The number of aryl methyl sites for hydroxylation is 2. The maximum atomic E-state index is 13.7. The van der Waals surface area contributed by atoms with Crippen LogP contribution < -0.4 is 5.32 Å². The van der Waals surface area contributed by atoms with Crippen molar-refractivity contribution in [3.05, 3.63) is 81.2 Å². The molecule has 0 atom stereocenters. The smallest absolute Gasteiger partial charge is 0.341 e. The zero-order valence-electron chi connectivity index (χ0n) is 21.8. The molecular weight excluding hydrogens is 486 g/mol. The molecule has 0 spiro atoms. The Morgan fingerprint density at radius 3 is 2.41 bits per heavy atom. The minimum atomic E-state index is -0.584. The fourth-order valence-corrected chi connectivity index (χ4v) is 5.25. The largest absolute Gasteiger partial charge is 0.462 e. The third-order valence-electron chi connectivity index (χ3n) is 6.22. The number of anilines is 1. The molecule has 0 bridgehead atoms. The Bertz CT molecular complexity index is 1540. The van der Waals surface area contributed by atoms with Crippen molar-refractivity contribution in [2.24, 2.45) is 0 Å². The van der Waals surface area contributed by atoms with Gasteiger partial charge < -0.3 is 15.0 Å². The monoisotopic (exact) mass is 515 g/mol. The molecule has 4 aromatic rings. The number of carbonyl (C=O) groups excluding carboxylic acids is 3. The summed E-state index contributed by atoms with van der Waals surface area (Å²) in [5.74, 6) is -1.24. The number of hydrogen-bond acceptors (Lipinski definition) is 6. The average molecular weight is 516 g/mol. The van der Waals surface area contributed by atoms with Crippen LogP contribution in [0.25, 0.3) is 22.2 Å². The van der Waals surface area contributed by atoms with Crippen LogP contribution in [-0.2, 0) is 4.74 Å². The highest BCUT2D eigenvalue weighted by Crippen LogP contribution is 2.35. The maximum absolute atomic E-state index is 13.7. The van der Waals surface area contributed by atoms with E-state index in [2.05, 4.69) is 11.4 Å². The van der Waals surface area contributed by atoms with Gasteiger partial charge in [-0.25, -0.2) is 9.78 Å². The van der Waals surface area contributed by atoms with Gasteiger partial charge in [0.15, 0.2) is 0 Å². The van der Waals surface area contributed by atoms with Gasteiger partial charge in [-0.15, -0.1) is 11.3 Å². The van der Waals surface area contributed by atoms with Gasteiger partial charge in [-0.1, -0.05) is 30.3 Å². The van der Waals surface area contributed by atoms with Crippen LogP contribution in [0.4, 0.5) is 5.00 Å². The minimum absolute atomic E-state index is 0.173. The van der Waals surface area contributed by atoms with Gasteiger partial charge >= 0.3 is 5.97 Å². The Balaban J connectivity index is 1.82. The predicted molar refractivity (Wildman–Crippen MR) is 148 cm³/mol. The molecule has 0 unspecified atom stereocenters. The van der Waals surface area contributed by atoms with Crippen molar-refractivity contribution in [2.45, 2.75) is 27.7 Å². The molecule has 190 valence electrons. The molecular formula is C29H29N3O4S. The van der Waals surface area contributed by atoms with Crippen LogP contribution in [0.15, 0.2) is 48.5 Å². The number of nitrogens with zero attached hydrogens (tertiary/aromatic N) is 2. The normalized spacial score (nSPS) is 10.9. The zero-order valence-corrected chi connectivity index (χ0v) is 22.6. The number of amides is 2. The number of ether oxygens (including phenoxy) is 1. The Kier molecular flexibility index (Phi) is 7.40. The first-order valence-electron chi connectivity index (χ1n) is 11.9. The van der Waals surface area contributed by atoms with E-state index in [4.69, 9.17) is 9.72 Å². The molecule has 0 fully saturated rings. The van der Waals surface area contributed by atoms with E-state index in [1.807, 2.05) is 50.2 Å². The second-order valence-electron chi connectivity index (χ2n) is 9.01. The van der Waals surface area contributed by atoms with Gasteiger partial charge in [0.2, 0.25) is 0 Å². The molecule has 8 heteroatoms. The number of pyridine rings is 1. The van der Waals surface area contributed by atoms with E-state index in [0.717, 1.165) is 22.5 Å². The van der Waals surface area contributed by atoms with Crippen LogP contribution in [0.3, 0.4) is 0 Å². The van der Waals surface area contributed by atoms with Gasteiger partial charge in [-0.3, -0.25) is 9.59 Å². The molecule has 2 heterocycles. The summed E-state index contributed by atoms with van der Waals surface area (Å²) in [4.78, 5) is 45.9. The highest BCUT2D eigenvalue weighted by Gasteiger charge is 2.28. The molecule has 0 aliphatic rings. The number of rotatable bonds is 6. The lowest BCUT2D eigenvalue weighted by molar-refractivity contribution is 0.0527. The summed E-state index contributed by atoms with van der Waals surface area (Å²) in [7, 11) is 3.28. The molecule has 0 saturated heterocycles. The third-order valence-corrected chi connectivity index (χ3v) is 7.41. The predicted octanol–water partition coefficient (Wildman–Crippen LogP) is 6.02. The van der Waals surface area contributed by atoms with E-state index in [-0.39, 0.29) is 23.1 Å². The molecule has 0 radical (unpaired) electrons. The van der Waals surface area contributed by atoms with Crippen LogP contribution >= 0.6 is 11.3 Å². The Labute approximate surface area is 220 Å². The molecule has 2 amide bonds. The van der Waals surface area contributed by atoms with Crippen molar-refractivity contribution in [3.8, 4) is 11.3 Å². The maximum Gasteiger partial charge on any atom is 0.341 e. The molecule has 2 aromatic carbocycles. The summed E-state index contributed by atoms with van der Waals surface area (Å²) in [5, 5.41) is 3.85. The number of aromatic nitrogens is 1. The molecule has 37 heavy (non-hydrogen) atoms. The van der Waals surface area contributed by atoms with E-state index in [1.165, 1.54) is 10.5 Å². The fourth-order valence-electron chi connectivity index (χ4n) is 4.04. The Morgan fingerprint density at radius 1 is 1.00 bits per heavy atom. The van der Waals surface area contributed by atoms with Crippen LogP contribution in [0, 0.1) is 20.8 Å². The first-order chi connectivity index (χ1) is 17.6. The first-order valence-corrected chi connectivity index (χ1v) is 12.7. The van der Waals surface area contributed by atoms with Crippen molar-refractivity contribution < 1.29 is 19.1 Å². The highest BCUT2D eigenvalue weighted by molar-refractivity contribution is 7.18. The van der Waals surface area contributed by atoms with Crippen LogP contribution in [0.1, 0.15) is 54.0 Å². The lowest BCUT2D eigenvalue weighted by atomic mass is 10.0. The molecule has 1 N–H and O–H groups in total. The number of carbonyl (C=O) groups is 3. The number of benzene rings is 2. The zero-order chi connectivity index (χ0) is 26.9. The Morgan fingerprint density at radius 2 is 1.73 bits per heavy atom. The summed E-state index contributed by atoms with van der Waals surface area (Å²) >= 11 is 1.07. The number of fused-ring (bicyclic) bond motifs is 1. The van der Waals surface area contributed by atoms with Crippen molar-refractivity contribution in [2.75, 3.05) is 26.0 Å². The SMILES string of the molecule is CCOC(=O)c1c(NC(=O)c2cc(-c3ccc(C)c(C)c3)nc3ccccc23)sc(C(=O)N(C)C)c1C. The second-order valence-corrected chi connectivity index (χ2v) is 10.0. The van der Waals surface area contributed by atoms with E-state index >= 15 is 0 Å². The van der Waals surface area contributed by atoms with E-state index in [9.17, 15) is 14.4 Å². The van der Waals surface area contributed by atoms with Crippen molar-refractivity contribution in [1.29, 1.82) is 0 Å². The van der Waals surface area contributed by atoms with Crippen LogP contribution in [0.2, 0.25) is 0 Å². The standard InChI is InChI=1S/C29H29N3O4S/c1-7-36-29(35)24-18(4)25(28(34)32(5)6)37-27(24)31-26(33)21-15-23(19-13-12-16(2)17(3)14-19)30-22-11-9-8-10-20(21)22/h8-15H,7H2,1-6H3,(H,31,33). The summed E-state index contributed by atoms with van der Waals surface area (Å²) in [6, 6.07) is 15.3. The summed E-state index contributed by atoms with van der Waals surface area (Å²) in [5.41, 5.74) is 5.64. The molecule has 0 aliphatic heterocycles. The van der Waals surface area contributed by atoms with Crippen LogP contribution in [0.5, 0.6) is 0 Å². The number of thiophene rings is 1. The highest BCUT2D eigenvalue weighted by atomic mass is 32.1. The Hall–Kier alpha value is -4.04. The lowest BCUT2D eigenvalue weighted by Crippen LogP contribution is -2.21. The third kappa shape index (κ3) is 5.11. The molecule has 7 nitrogen and oxygen atoms in total. The average Bonchev–Trinajstić information content (AvgIpc) is 3.19. The summed E-state index contributed by atoms with van der Waals surface area (Å²) < 4.78 is 5.24. The number of para-hydroxylation sites is 1. The fraction of sp³-hybridized carbons (Fsp3) is 0.241. The van der Waals surface area contributed by atoms with Crippen molar-refractivity contribution in [3.63, 3.8) is 0 Å². The second kappa shape index (κ2) is 10.5. The quantitative estimate of drug-likeness (QED) is 0.317. The van der Waals surface area contributed by atoms with Crippen molar-refractivity contribution >= 4 is 45.0 Å². The van der Waals surface area contributed by atoms with Crippen LogP contribution in [-0.4, -0.2) is 48.4 Å². The minimum Gasteiger partial charge on any atom is -0.462 e. The van der Waals surface area contributed by atoms with Gasteiger partial charge in [0.25, 0.3) is 11.8 Å². The van der Waals surface area contributed by atoms with Gasteiger partial charge in [0, 0.05) is 25.0 Å². The number of hydrogen-bond donors (Lipinski definition) is 1. The topological polar surface area (TPSA) is 88.6 Å². The summed E-state index contributed by atoms with van der Waals surface area (Å²) in [6.45, 7) is 7.66. The van der Waals surface area contributed by atoms with E-state index in [0.29, 0.717) is 32.6 Å². The van der Waals surface area contributed by atoms with Gasteiger partial charge in [0.05, 0.1) is 33.8 Å². The van der Waals surface area contributed by atoms with Crippen molar-refractivity contribution in [1.82, 2.24) is 9.88 Å². The lowest BCUT2D eigenvalue weighted by Gasteiger charge is -2.12. The number of esters is 1. The van der Waals surface area contributed by atoms with Gasteiger partial charge in [0.1, 0.15) is 5.00 Å². The summed E-state index contributed by atoms with van der Waals surface area (Å²) in [6.07, 6.45) is 0. The molecule has 0 aliphatic carbocycles. The molecule has 2 aromatic heterocycles. The van der Waals surface area contributed by atoms with E-state index < -0.39 is 11.9 Å². The van der Waals surface area contributed by atoms with Gasteiger partial charge in [-0.2, -0.15) is 0 Å². The number of nitrogens with one attached hydrogen (secondary N) is 1.